The third-order valence-corrected chi connectivity index (χ3v) is 5.61. The van der Waals surface area contributed by atoms with Gasteiger partial charge in [0.05, 0.1) is 5.92 Å². The molecular formula is C23H29N3O2. The Hall–Kier alpha value is -2.82. The van der Waals surface area contributed by atoms with Crippen LogP contribution in [-0.4, -0.2) is 18.4 Å². The SMILES string of the molecule is CCC(C)(C)c1ccc(Nc2ccc(CNC(=O)C3CNC(=O)C3)cc2)cc1. The van der Waals surface area contributed by atoms with E-state index in [-0.39, 0.29) is 29.6 Å². The summed E-state index contributed by atoms with van der Waals surface area (Å²) in [4.78, 5) is 23.3. The van der Waals surface area contributed by atoms with Crippen LogP contribution in [0, 0.1) is 5.92 Å². The standard InChI is InChI=1S/C23H29N3O2/c1-4-23(2,3)18-7-11-20(12-8-18)26-19-9-5-16(6-10-19)14-25-22(28)17-13-21(27)24-15-17/h5-12,17,26H,4,13-15H2,1-3H3,(H,24,27)(H,25,28). The molecule has 0 aliphatic carbocycles. The summed E-state index contributed by atoms with van der Waals surface area (Å²) >= 11 is 0. The van der Waals surface area contributed by atoms with Crippen LogP contribution >= 0.6 is 0 Å². The normalized spacial score (nSPS) is 16.5. The van der Waals surface area contributed by atoms with Crippen molar-refractivity contribution in [2.75, 3.05) is 11.9 Å². The molecule has 1 aliphatic rings. The number of anilines is 2. The summed E-state index contributed by atoms with van der Waals surface area (Å²) in [5.74, 6) is -0.383. The van der Waals surface area contributed by atoms with Crippen molar-refractivity contribution in [1.29, 1.82) is 0 Å². The third kappa shape index (κ3) is 4.91. The molecule has 0 bridgehead atoms. The molecule has 1 unspecified atom stereocenters. The molecule has 1 saturated heterocycles. The van der Waals surface area contributed by atoms with E-state index in [1.807, 2.05) is 24.3 Å². The van der Waals surface area contributed by atoms with Crippen molar-refractivity contribution in [3.05, 3.63) is 59.7 Å². The van der Waals surface area contributed by atoms with Gasteiger partial charge in [-0.3, -0.25) is 9.59 Å². The van der Waals surface area contributed by atoms with Gasteiger partial charge >= 0.3 is 0 Å². The molecule has 1 fully saturated rings. The molecule has 2 amide bonds. The highest BCUT2D eigenvalue weighted by atomic mass is 16.2. The lowest BCUT2D eigenvalue weighted by molar-refractivity contribution is -0.126. The molecule has 148 valence electrons. The molecular weight excluding hydrogens is 350 g/mol. The molecule has 3 N–H and O–H groups in total. The summed E-state index contributed by atoms with van der Waals surface area (Å²) in [6.07, 6.45) is 1.38. The predicted molar refractivity (Wildman–Crippen MR) is 112 cm³/mol. The second-order valence-corrected chi connectivity index (χ2v) is 8.06. The average molecular weight is 380 g/mol. The first kappa shape index (κ1) is 19.9. The van der Waals surface area contributed by atoms with Gasteiger partial charge in [0.15, 0.2) is 0 Å². The zero-order valence-electron chi connectivity index (χ0n) is 16.8. The van der Waals surface area contributed by atoms with Gasteiger partial charge in [0.1, 0.15) is 0 Å². The summed E-state index contributed by atoms with van der Waals surface area (Å²) in [6, 6.07) is 16.6. The maximum absolute atomic E-state index is 12.1. The highest BCUT2D eigenvalue weighted by Crippen LogP contribution is 2.28. The van der Waals surface area contributed by atoms with Crippen LogP contribution in [0.5, 0.6) is 0 Å². The molecule has 28 heavy (non-hydrogen) atoms. The molecule has 0 aromatic heterocycles. The summed E-state index contributed by atoms with van der Waals surface area (Å²) in [7, 11) is 0. The van der Waals surface area contributed by atoms with Crippen molar-refractivity contribution in [1.82, 2.24) is 10.6 Å². The highest BCUT2D eigenvalue weighted by Gasteiger charge is 2.27. The molecule has 1 heterocycles. The van der Waals surface area contributed by atoms with E-state index in [0.29, 0.717) is 13.1 Å². The second-order valence-electron chi connectivity index (χ2n) is 8.06. The lowest BCUT2D eigenvalue weighted by atomic mass is 9.82. The summed E-state index contributed by atoms with van der Waals surface area (Å²) in [5, 5.41) is 9.00. The molecule has 1 aliphatic heterocycles. The Balaban J connectivity index is 1.53. The fraction of sp³-hybridized carbons (Fsp3) is 0.391. The number of carbonyl (C=O) groups is 2. The van der Waals surface area contributed by atoms with E-state index in [1.54, 1.807) is 0 Å². The van der Waals surface area contributed by atoms with Crippen molar-refractivity contribution in [3.8, 4) is 0 Å². The second kappa shape index (κ2) is 8.46. The molecule has 2 aromatic carbocycles. The van der Waals surface area contributed by atoms with E-state index in [2.05, 4.69) is 61.0 Å². The molecule has 0 spiro atoms. The van der Waals surface area contributed by atoms with Gasteiger partial charge in [-0.1, -0.05) is 45.0 Å². The summed E-state index contributed by atoms with van der Waals surface area (Å²) in [6.45, 7) is 7.62. The number of benzene rings is 2. The number of hydrogen-bond acceptors (Lipinski definition) is 3. The maximum atomic E-state index is 12.1. The lowest BCUT2D eigenvalue weighted by Crippen LogP contribution is -2.31. The van der Waals surface area contributed by atoms with E-state index in [4.69, 9.17) is 0 Å². The minimum atomic E-state index is -0.255. The van der Waals surface area contributed by atoms with Crippen LogP contribution in [0.25, 0.3) is 0 Å². The topological polar surface area (TPSA) is 70.2 Å². The first-order valence-corrected chi connectivity index (χ1v) is 9.88. The molecule has 0 radical (unpaired) electrons. The average Bonchev–Trinajstić information content (AvgIpc) is 3.14. The third-order valence-electron chi connectivity index (χ3n) is 5.61. The van der Waals surface area contributed by atoms with Gasteiger partial charge in [-0.05, 0) is 47.2 Å². The van der Waals surface area contributed by atoms with E-state index in [1.165, 1.54) is 5.56 Å². The minimum Gasteiger partial charge on any atom is -0.356 e. The van der Waals surface area contributed by atoms with Gasteiger partial charge in [-0.15, -0.1) is 0 Å². The van der Waals surface area contributed by atoms with Crippen LogP contribution in [0.1, 0.15) is 44.7 Å². The Morgan fingerprint density at radius 1 is 1.07 bits per heavy atom. The highest BCUT2D eigenvalue weighted by molar-refractivity contribution is 5.89. The van der Waals surface area contributed by atoms with Gasteiger partial charge < -0.3 is 16.0 Å². The molecule has 2 aromatic rings. The fourth-order valence-electron chi connectivity index (χ4n) is 3.21. The van der Waals surface area contributed by atoms with Gasteiger partial charge in [-0.2, -0.15) is 0 Å². The molecule has 5 nitrogen and oxygen atoms in total. The van der Waals surface area contributed by atoms with Gasteiger partial charge in [0.25, 0.3) is 0 Å². The monoisotopic (exact) mass is 379 g/mol. The maximum Gasteiger partial charge on any atom is 0.225 e. The van der Waals surface area contributed by atoms with Crippen molar-refractivity contribution in [2.45, 2.75) is 45.6 Å². The number of carbonyl (C=O) groups excluding carboxylic acids is 2. The first-order valence-electron chi connectivity index (χ1n) is 9.88. The Morgan fingerprint density at radius 3 is 2.21 bits per heavy atom. The van der Waals surface area contributed by atoms with Gasteiger partial charge in [0.2, 0.25) is 11.8 Å². The van der Waals surface area contributed by atoms with E-state index >= 15 is 0 Å². The zero-order chi connectivity index (χ0) is 20.1. The van der Waals surface area contributed by atoms with Crippen LogP contribution in [0.15, 0.2) is 48.5 Å². The molecule has 1 atom stereocenters. The van der Waals surface area contributed by atoms with E-state index < -0.39 is 0 Å². The molecule has 3 rings (SSSR count). The Morgan fingerprint density at radius 2 is 1.68 bits per heavy atom. The molecule has 5 heteroatoms. The van der Waals surface area contributed by atoms with E-state index in [0.717, 1.165) is 23.4 Å². The number of amides is 2. The van der Waals surface area contributed by atoms with Crippen LogP contribution in [0.2, 0.25) is 0 Å². The van der Waals surface area contributed by atoms with Crippen LogP contribution in [0.3, 0.4) is 0 Å². The Bertz CT molecular complexity index is 826. The van der Waals surface area contributed by atoms with Crippen molar-refractivity contribution < 1.29 is 9.59 Å². The van der Waals surface area contributed by atoms with Crippen LogP contribution in [-0.2, 0) is 21.5 Å². The van der Waals surface area contributed by atoms with Crippen LogP contribution < -0.4 is 16.0 Å². The van der Waals surface area contributed by atoms with Gasteiger partial charge in [-0.25, -0.2) is 0 Å². The summed E-state index contributed by atoms with van der Waals surface area (Å²) in [5.41, 5.74) is 4.60. The molecule has 0 saturated carbocycles. The zero-order valence-corrected chi connectivity index (χ0v) is 16.8. The van der Waals surface area contributed by atoms with Gasteiger partial charge in [0, 0.05) is 30.9 Å². The minimum absolute atomic E-state index is 0.0538. The Labute approximate surface area is 166 Å². The first-order chi connectivity index (χ1) is 13.4. The van der Waals surface area contributed by atoms with Crippen molar-refractivity contribution in [3.63, 3.8) is 0 Å². The predicted octanol–water partition coefficient (Wildman–Crippen LogP) is 3.87. The lowest BCUT2D eigenvalue weighted by Gasteiger charge is -2.23. The number of nitrogens with one attached hydrogen (secondary N) is 3. The van der Waals surface area contributed by atoms with Crippen molar-refractivity contribution >= 4 is 23.2 Å². The summed E-state index contributed by atoms with van der Waals surface area (Å²) < 4.78 is 0. The quantitative estimate of drug-likeness (QED) is 0.684. The smallest absolute Gasteiger partial charge is 0.225 e. The van der Waals surface area contributed by atoms with Crippen LogP contribution in [0.4, 0.5) is 11.4 Å². The van der Waals surface area contributed by atoms with E-state index in [9.17, 15) is 9.59 Å². The van der Waals surface area contributed by atoms with Crippen molar-refractivity contribution in [2.24, 2.45) is 5.92 Å². The number of hydrogen-bond donors (Lipinski definition) is 3. The number of rotatable bonds is 7. The fourth-order valence-corrected chi connectivity index (χ4v) is 3.21. The largest absolute Gasteiger partial charge is 0.356 e. The Kier molecular flexibility index (Phi) is 6.02.